The average molecular weight is 446 g/mol. The van der Waals surface area contributed by atoms with E-state index in [2.05, 4.69) is 10.3 Å². The summed E-state index contributed by atoms with van der Waals surface area (Å²) >= 11 is 0.194. The van der Waals surface area contributed by atoms with Gasteiger partial charge in [-0.2, -0.15) is 0 Å². The van der Waals surface area contributed by atoms with Crippen LogP contribution in [0, 0.1) is 0 Å². The SMILES string of the molecule is Cn1c(/C=N/Oc2ccccc2)ccc1/C=N/Oc1ccccc1.[Cl][Fe][Cl]. The Morgan fingerprint density at radius 3 is 1.48 bits per heavy atom. The van der Waals surface area contributed by atoms with Crippen molar-refractivity contribution < 1.29 is 22.8 Å². The minimum absolute atomic E-state index is 0.194. The van der Waals surface area contributed by atoms with Crippen LogP contribution in [0.3, 0.4) is 0 Å². The molecule has 2 aromatic carbocycles. The fraction of sp³-hybridized carbons (Fsp3) is 0.0526. The van der Waals surface area contributed by atoms with E-state index in [0.717, 1.165) is 11.4 Å². The Kier molecular flexibility index (Phi) is 9.52. The van der Waals surface area contributed by atoms with Crippen molar-refractivity contribution in [2.24, 2.45) is 17.4 Å². The number of rotatable bonds is 6. The second kappa shape index (κ2) is 12.2. The minimum atomic E-state index is 0.194. The number of halogens is 2. The maximum absolute atomic E-state index is 5.31. The molecule has 142 valence electrons. The van der Waals surface area contributed by atoms with Gasteiger partial charge in [-0.05, 0) is 36.4 Å². The molecule has 0 saturated carbocycles. The van der Waals surface area contributed by atoms with Gasteiger partial charge < -0.3 is 14.2 Å². The molecular formula is C19H17Cl2FeN3O2. The molecule has 1 heterocycles. The Bertz CT molecular complexity index is 787. The number of benzene rings is 2. The number of para-hydroxylation sites is 2. The Morgan fingerprint density at radius 2 is 1.11 bits per heavy atom. The summed E-state index contributed by atoms with van der Waals surface area (Å²) in [5.74, 6) is 1.39. The first kappa shape index (κ1) is 21.1. The van der Waals surface area contributed by atoms with Gasteiger partial charge in [-0.1, -0.05) is 46.7 Å². The van der Waals surface area contributed by atoms with E-state index < -0.39 is 0 Å². The third kappa shape index (κ3) is 7.49. The Labute approximate surface area is 172 Å². The molecule has 27 heavy (non-hydrogen) atoms. The molecule has 0 radical (unpaired) electrons. The third-order valence-electron chi connectivity index (χ3n) is 3.37. The van der Waals surface area contributed by atoms with Crippen LogP contribution in [0.1, 0.15) is 11.4 Å². The van der Waals surface area contributed by atoms with Crippen LogP contribution in [0.25, 0.3) is 0 Å². The van der Waals surface area contributed by atoms with Crippen molar-refractivity contribution in [2.75, 3.05) is 0 Å². The van der Waals surface area contributed by atoms with Crippen molar-refractivity contribution in [3.8, 4) is 11.5 Å². The molecule has 0 spiro atoms. The molecule has 0 unspecified atom stereocenters. The van der Waals surface area contributed by atoms with E-state index >= 15 is 0 Å². The van der Waals surface area contributed by atoms with E-state index in [-0.39, 0.29) is 13.1 Å². The molecule has 0 amide bonds. The molecule has 0 fully saturated rings. The van der Waals surface area contributed by atoms with Gasteiger partial charge in [0.25, 0.3) is 0 Å². The number of oxime groups is 2. The van der Waals surface area contributed by atoms with Gasteiger partial charge in [-0.3, -0.25) is 0 Å². The van der Waals surface area contributed by atoms with Crippen molar-refractivity contribution in [3.63, 3.8) is 0 Å². The van der Waals surface area contributed by atoms with Crippen LogP contribution in [0.2, 0.25) is 0 Å². The van der Waals surface area contributed by atoms with E-state index in [4.69, 9.17) is 29.9 Å². The molecule has 0 aliphatic rings. The zero-order valence-electron chi connectivity index (χ0n) is 14.4. The van der Waals surface area contributed by atoms with Crippen LogP contribution in [-0.2, 0) is 20.2 Å². The first-order valence-electron chi connectivity index (χ1n) is 7.76. The van der Waals surface area contributed by atoms with Gasteiger partial charge in [-0.15, -0.1) is 0 Å². The van der Waals surface area contributed by atoms with Crippen molar-refractivity contribution >= 4 is 32.6 Å². The normalized spacial score (nSPS) is 10.8. The van der Waals surface area contributed by atoms with Gasteiger partial charge >= 0.3 is 33.3 Å². The van der Waals surface area contributed by atoms with E-state index in [0.29, 0.717) is 11.5 Å². The number of aromatic nitrogens is 1. The zero-order valence-corrected chi connectivity index (χ0v) is 17.0. The molecular weight excluding hydrogens is 429 g/mol. The molecule has 1 aromatic heterocycles. The summed E-state index contributed by atoms with van der Waals surface area (Å²) in [5.41, 5.74) is 1.79. The standard InChI is InChI=1S/C19H17N3O2.2ClH.Fe/c1-22-16(14-20-23-18-8-4-2-5-9-18)12-13-17(22)15-21-24-19-10-6-3-7-11-19;;;/h2-15H,1H3;2*1H;/q;;;+2/p-2/b20-14+,21-15+;;;. The predicted molar refractivity (Wildman–Crippen MR) is 106 cm³/mol. The van der Waals surface area contributed by atoms with Gasteiger partial charge in [0.15, 0.2) is 11.5 Å². The molecule has 3 aromatic rings. The average Bonchev–Trinajstić information content (AvgIpc) is 3.04. The molecule has 0 saturated heterocycles. The maximum atomic E-state index is 5.31. The van der Waals surface area contributed by atoms with Gasteiger partial charge in [0, 0.05) is 7.05 Å². The molecule has 0 bridgehead atoms. The molecule has 0 aliphatic carbocycles. The fourth-order valence-corrected chi connectivity index (χ4v) is 2.05. The summed E-state index contributed by atoms with van der Waals surface area (Å²) < 4.78 is 1.94. The van der Waals surface area contributed by atoms with Crippen LogP contribution >= 0.6 is 20.2 Å². The van der Waals surface area contributed by atoms with Crippen molar-refractivity contribution in [3.05, 3.63) is 84.2 Å². The van der Waals surface area contributed by atoms with Gasteiger partial charge in [0.1, 0.15) is 0 Å². The first-order chi connectivity index (χ1) is 13.2. The fourth-order valence-electron chi connectivity index (χ4n) is 2.05. The molecule has 0 N–H and O–H groups in total. The van der Waals surface area contributed by atoms with Crippen LogP contribution < -0.4 is 9.68 Å². The Morgan fingerprint density at radius 1 is 0.741 bits per heavy atom. The van der Waals surface area contributed by atoms with Crippen LogP contribution in [-0.4, -0.2) is 17.0 Å². The van der Waals surface area contributed by atoms with Crippen molar-refractivity contribution in [2.45, 2.75) is 0 Å². The predicted octanol–water partition coefficient (Wildman–Crippen LogP) is 5.23. The zero-order chi connectivity index (χ0) is 19.3. The topological polar surface area (TPSA) is 48.1 Å². The van der Waals surface area contributed by atoms with Gasteiger partial charge in [-0.25, -0.2) is 0 Å². The molecule has 0 aliphatic heterocycles. The molecule has 3 rings (SSSR count). The summed E-state index contributed by atoms with van der Waals surface area (Å²) in [4.78, 5) is 10.6. The van der Waals surface area contributed by atoms with Crippen molar-refractivity contribution in [1.29, 1.82) is 0 Å². The number of hydrogen-bond donors (Lipinski definition) is 0. The van der Waals surface area contributed by atoms with E-state index in [1.807, 2.05) is 84.4 Å². The van der Waals surface area contributed by atoms with E-state index in [1.165, 1.54) is 0 Å². The summed E-state index contributed by atoms with van der Waals surface area (Å²) in [5, 5.41) is 7.98. The summed E-state index contributed by atoms with van der Waals surface area (Å²) in [7, 11) is 11.5. The quantitative estimate of drug-likeness (QED) is 0.296. The first-order valence-corrected chi connectivity index (χ1v) is 10.8. The second-order valence-corrected chi connectivity index (χ2v) is 6.89. The Balaban J connectivity index is 0.000000817. The monoisotopic (exact) mass is 445 g/mol. The second-order valence-electron chi connectivity index (χ2n) is 5.07. The summed E-state index contributed by atoms with van der Waals surface area (Å²) in [6, 6.07) is 22.7. The molecule has 0 atom stereocenters. The van der Waals surface area contributed by atoms with Crippen LogP contribution in [0.15, 0.2) is 83.1 Å². The van der Waals surface area contributed by atoms with Gasteiger partial charge in [0.05, 0.1) is 23.8 Å². The summed E-state index contributed by atoms with van der Waals surface area (Å²) in [6.45, 7) is 0. The molecule has 8 heteroatoms. The van der Waals surface area contributed by atoms with Crippen molar-refractivity contribution in [1.82, 2.24) is 4.57 Å². The Hall–Kier alpha value is -2.24. The van der Waals surface area contributed by atoms with E-state index in [1.54, 1.807) is 12.4 Å². The summed E-state index contributed by atoms with van der Waals surface area (Å²) in [6.07, 6.45) is 3.31. The van der Waals surface area contributed by atoms with Crippen LogP contribution in [0.4, 0.5) is 0 Å². The number of hydrogen-bond acceptors (Lipinski definition) is 4. The molecule has 5 nitrogen and oxygen atoms in total. The number of nitrogens with zero attached hydrogens (tertiary/aromatic N) is 3. The third-order valence-corrected chi connectivity index (χ3v) is 3.37. The van der Waals surface area contributed by atoms with Crippen LogP contribution in [0.5, 0.6) is 11.5 Å². The van der Waals surface area contributed by atoms with E-state index in [9.17, 15) is 0 Å². The van der Waals surface area contributed by atoms with Gasteiger partial charge in [0.2, 0.25) is 0 Å².